The van der Waals surface area contributed by atoms with E-state index in [9.17, 15) is 4.79 Å². The molecule has 0 saturated carbocycles. The smallest absolute Gasteiger partial charge is 0.220 e. The van der Waals surface area contributed by atoms with E-state index in [1.165, 1.54) is 74.3 Å². The number of rotatable bonds is 15. The molecule has 0 aliphatic heterocycles. The van der Waals surface area contributed by atoms with Gasteiger partial charge in [0.05, 0.1) is 0 Å². The third kappa shape index (κ3) is 8.31. The summed E-state index contributed by atoms with van der Waals surface area (Å²) < 4.78 is 0. The average Bonchev–Trinajstić information content (AvgIpc) is 2.86. The Bertz CT molecular complexity index is 967. The lowest BCUT2D eigenvalue weighted by molar-refractivity contribution is -0.121. The van der Waals surface area contributed by atoms with Crippen LogP contribution in [0.3, 0.4) is 0 Å². The largest absolute Gasteiger partial charge is 0.352 e. The van der Waals surface area contributed by atoms with E-state index in [0.717, 1.165) is 23.8 Å². The first-order chi connectivity index (χ1) is 16.3. The lowest BCUT2D eigenvalue weighted by Crippen LogP contribution is -2.22. The van der Waals surface area contributed by atoms with E-state index in [2.05, 4.69) is 59.7 Å². The van der Waals surface area contributed by atoms with Crippen molar-refractivity contribution >= 4 is 16.7 Å². The van der Waals surface area contributed by atoms with Crippen LogP contribution in [0.15, 0.2) is 60.9 Å². The highest BCUT2D eigenvalue weighted by Gasteiger charge is 2.09. The molecule has 3 heteroatoms. The highest BCUT2D eigenvalue weighted by Crippen LogP contribution is 2.30. The Balaban J connectivity index is 1.38. The number of aromatic nitrogens is 1. The zero-order valence-corrected chi connectivity index (χ0v) is 20.3. The first kappa shape index (κ1) is 25.0. The molecular formula is C30H40N2O. The predicted octanol–water partition coefficient (Wildman–Crippen LogP) is 8.22. The summed E-state index contributed by atoms with van der Waals surface area (Å²) in [4.78, 5) is 16.7. The molecular weight excluding hydrogens is 404 g/mol. The molecule has 33 heavy (non-hydrogen) atoms. The number of nitrogens with zero attached hydrogens (tertiary/aromatic N) is 1. The maximum absolute atomic E-state index is 12.4. The van der Waals surface area contributed by atoms with Gasteiger partial charge in [0.15, 0.2) is 0 Å². The van der Waals surface area contributed by atoms with Gasteiger partial charge in [0.25, 0.3) is 0 Å². The molecule has 0 fully saturated rings. The molecule has 0 aliphatic rings. The second-order valence-corrected chi connectivity index (χ2v) is 9.12. The summed E-state index contributed by atoms with van der Waals surface area (Å²) in [5.41, 5.74) is 3.51. The third-order valence-electron chi connectivity index (χ3n) is 6.48. The monoisotopic (exact) mass is 444 g/mol. The number of amides is 1. The molecule has 1 heterocycles. The first-order valence-electron chi connectivity index (χ1n) is 13.0. The summed E-state index contributed by atoms with van der Waals surface area (Å²) in [6.07, 6.45) is 18.7. The van der Waals surface area contributed by atoms with Crippen molar-refractivity contribution in [3.05, 3.63) is 66.5 Å². The molecule has 2 aromatic carbocycles. The number of carbonyl (C=O) groups excluding carboxylic acids is 1. The molecule has 0 atom stereocenters. The minimum absolute atomic E-state index is 0.148. The summed E-state index contributed by atoms with van der Waals surface area (Å²) >= 11 is 0. The summed E-state index contributed by atoms with van der Waals surface area (Å²) in [5, 5.41) is 5.40. The quantitative estimate of drug-likeness (QED) is 0.240. The van der Waals surface area contributed by atoms with Crippen molar-refractivity contribution in [2.24, 2.45) is 0 Å². The van der Waals surface area contributed by atoms with Crippen molar-refractivity contribution in [1.82, 2.24) is 10.3 Å². The van der Waals surface area contributed by atoms with Gasteiger partial charge in [0, 0.05) is 30.7 Å². The molecule has 1 aromatic heterocycles. The molecule has 0 radical (unpaired) electrons. The Kier molecular flexibility index (Phi) is 10.9. The molecule has 0 saturated heterocycles. The van der Waals surface area contributed by atoms with Gasteiger partial charge < -0.3 is 5.32 Å². The lowest BCUT2D eigenvalue weighted by atomic mass is 9.96. The van der Waals surface area contributed by atoms with Gasteiger partial charge in [-0.05, 0) is 34.6 Å². The fraction of sp³-hybridized carbons (Fsp3) is 0.467. The number of pyridine rings is 1. The van der Waals surface area contributed by atoms with Crippen LogP contribution in [0.25, 0.3) is 21.9 Å². The topological polar surface area (TPSA) is 42.0 Å². The summed E-state index contributed by atoms with van der Waals surface area (Å²) in [6.45, 7) is 2.82. The highest BCUT2D eigenvalue weighted by atomic mass is 16.1. The minimum atomic E-state index is 0.148. The molecule has 176 valence electrons. The normalized spacial score (nSPS) is 11.1. The van der Waals surface area contributed by atoms with Crippen LogP contribution in [0.4, 0.5) is 0 Å². The highest BCUT2D eigenvalue weighted by molar-refractivity contribution is 5.98. The molecule has 3 nitrogen and oxygen atoms in total. The second kappa shape index (κ2) is 14.5. The maximum atomic E-state index is 12.4. The van der Waals surface area contributed by atoms with E-state index in [-0.39, 0.29) is 5.91 Å². The number of unbranched alkanes of at least 4 members (excludes halogenated alkanes) is 10. The number of hydrogen-bond donors (Lipinski definition) is 1. The van der Waals surface area contributed by atoms with E-state index in [4.69, 9.17) is 0 Å². The molecule has 0 unspecified atom stereocenters. The molecule has 1 amide bonds. The van der Waals surface area contributed by atoms with Crippen LogP contribution >= 0.6 is 0 Å². The van der Waals surface area contributed by atoms with Crippen molar-refractivity contribution < 1.29 is 4.79 Å². The van der Waals surface area contributed by atoms with Crippen molar-refractivity contribution in [3.63, 3.8) is 0 Å². The molecule has 3 rings (SSSR count). The summed E-state index contributed by atoms with van der Waals surface area (Å²) in [5.74, 6) is 0.148. The SMILES string of the molecule is CCCCCCCCCCCCCC(=O)NCc1ccc(-c2ccccc2)c2ccncc12. The molecule has 1 N–H and O–H groups in total. The van der Waals surface area contributed by atoms with Gasteiger partial charge in [0.2, 0.25) is 5.91 Å². The van der Waals surface area contributed by atoms with Crippen LogP contribution < -0.4 is 5.32 Å². The van der Waals surface area contributed by atoms with Gasteiger partial charge in [0.1, 0.15) is 0 Å². The number of benzene rings is 2. The first-order valence-corrected chi connectivity index (χ1v) is 13.0. The molecule has 0 bridgehead atoms. The molecule has 3 aromatic rings. The lowest BCUT2D eigenvalue weighted by Gasteiger charge is -2.12. The van der Waals surface area contributed by atoms with Crippen LogP contribution in [0, 0.1) is 0 Å². The fourth-order valence-electron chi connectivity index (χ4n) is 4.50. The number of nitrogens with one attached hydrogen (secondary N) is 1. The maximum Gasteiger partial charge on any atom is 0.220 e. The Labute approximate surface area is 200 Å². The van der Waals surface area contributed by atoms with E-state index >= 15 is 0 Å². The van der Waals surface area contributed by atoms with Gasteiger partial charge in [-0.15, -0.1) is 0 Å². The summed E-state index contributed by atoms with van der Waals surface area (Å²) in [7, 11) is 0. The van der Waals surface area contributed by atoms with E-state index < -0.39 is 0 Å². The Hall–Kier alpha value is -2.68. The van der Waals surface area contributed by atoms with E-state index in [1.807, 2.05) is 18.5 Å². The zero-order chi connectivity index (χ0) is 23.1. The average molecular weight is 445 g/mol. The second-order valence-electron chi connectivity index (χ2n) is 9.12. The Morgan fingerprint density at radius 2 is 1.42 bits per heavy atom. The van der Waals surface area contributed by atoms with Crippen LogP contribution in [-0.2, 0) is 11.3 Å². The van der Waals surface area contributed by atoms with Crippen molar-refractivity contribution in [2.75, 3.05) is 0 Å². The van der Waals surface area contributed by atoms with Crippen LogP contribution in [0.1, 0.15) is 89.5 Å². The number of hydrogen-bond acceptors (Lipinski definition) is 2. The van der Waals surface area contributed by atoms with E-state index in [1.54, 1.807) is 0 Å². The van der Waals surface area contributed by atoms with Crippen LogP contribution in [-0.4, -0.2) is 10.9 Å². The van der Waals surface area contributed by atoms with Crippen molar-refractivity contribution in [3.8, 4) is 11.1 Å². The zero-order valence-electron chi connectivity index (χ0n) is 20.3. The Morgan fingerprint density at radius 1 is 0.758 bits per heavy atom. The molecule has 0 spiro atoms. The standard InChI is InChI=1S/C30H40N2O/c1-2-3-4-5-6-7-8-9-10-11-15-18-30(33)32-23-26-19-20-27(25-16-13-12-14-17-25)28-21-22-31-24-29(26)28/h12-14,16-17,19-22,24H,2-11,15,18,23H2,1H3,(H,32,33). The van der Waals surface area contributed by atoms with Gasteiger partial charge in [-0.25, -0.2) is 0 Å². The summed E-state index contributed by atoms with van der Waals surface area (Å²) in [6, 6.07) is 16.8. The number of carbonyl (C=O) groups is 1. The third-order valence-corrected chi connectivity index (χ3v) is 6.48. The predicted molar refractivity (Wildman–Crippen MR) is 140 cm³/mol. The Morgan fingerprint density at radius 3 is 2.12 bits per heavy atom. The fourth-order valence-corrected chi connectivity index (χ4v) is 4.50. The van der Waals surface area contributed by atoms with Crippen molar-refractivity contribution in [1.29, 1.82) is 0 Å². The minimum Gasteiger partial charge on any atom is -0.352 e. The molecule has 0 aliphatic carbocycles. The van der Waals surface area contributed by atoms with Gasteiger partial charge in [-0.1, -0.05) is 114 Å². The van der Waals surface area contributed by atoms with Crippen LogP contribution in [0.5, 0.6) is 0 Å². The van der Waals surface area contributed by atoms with Gasteiger partial charge in [-0.2, -0.15) is 0 Å². The van der Waals surface area contributed by atoms with Gasteiger partial charge >= 0.3 is 0 Å². The van der Waals surface area contributed by atoms with Gasteiger partial charge in [-0.3, -0.25) is 9.78 Å². The van der Waals surface area contributed by atoms with Crippen molar-refractivity contribution in [2.45, 2.75) is 90.5 Å². The number of fused-ring (bicyclic) bond motifs is 1. The van der Waals surface area contributed by atoms with E-state index in [0.29, 0.717) is 13.0 Å². The van der Waals surface area contributed by atoms with Crippen LogP contribution in [0.2, 0.25) is 0 Å².